The Hall–Kier alpha value is -1.09. The van der Waals surface area contributed by atoms with Gasteiger partial charge in [-0.15, -0.1) is 6.58 Å². The lowest BCUT2D eigenvalue weighted by molar-refractivity contribution is -0.115. The Labute approximate surface area is 85.8 Å². The molecular formula is C10H10BrNO. The zero-order valence-electron chi connectivity index (χ0n) is 7.09. The number of amides is 1. The monoisotopic (exact) mass is 239 g/mol. The van der Waals surface area contributed by atoms with Gasteiger partial charge in [-0.2, -0.15) is 0 Å². The number of benzene rings is 1. The molecule has 0 atom stereocenters. The predicted molar refractivity (Wildman–Crippen MR) is 57.6 cm³/mol. The molecule has 0 aliphatic heterocycles. The Kier molecular flexibility index (Phi) is 3.71. The van der Waals surface area contributed by atoms with E-state index in [9.17, 15) is 4.79 Å². The van der Waals surface area contributed by atoms with Crippen molar-refractivity contribution < 1.29 is 4.79 Å². The van der Waals surface area contributed by atoms with Gasteiger partial charge >= 0.3 is 0 Å². The molecular weight excluding hydrogens is 230 g/mol. The van der Waals surface area contributed by atoms with E-state index >= 15 is 0 Å². The number of anilines is 1. The molecule has 0 bridgehead atoms. The van der Waals surface area contributed by atoms with Crippen LogP contribution >= 0.6 is 15.9 Å². The van der Waals surface area contributed by atoms with Gasteiger partial charge in [0.1, 0.15) is 0 Å². The Morgan fingerprint density at radius 1 is 1.46 bits per heavy atom. The van der Waals surface area contributed by atoms with Crippen molar-refractivity contribution in [1.82, 2.24) is 0 Å². The highest BCUT2D eigenvalue weighted by atomic mass is 79.9. The number of hydrogen-bond acceptors (Lipinski definition) is 1. The van der Waals surface area contributed by atoms with Crippen LogP contribution in [0.1, 0.15) is 6.42 Å². The third-order valence-corrected chi connectivity index (χ3v) is 1.99. The van der Waals surface area contributed by atoms with E-state index in [4.69, 9.17) is 0 Å². The average molecular weight is 240 g/mol. The van der Waals surface area contributed by atoms with Crippen LogP contribution in [0.4, 0.5) is 5.69 Å². The zero-order valence-corrected chi connectivity index (χ0v) is 8.67. The second-order valence-electron chi connectivity index (χ2n) is 2.55. The molecule has 1 aromatic carbocycles. The molecule has 0 aromatic heterocycles. The number of rotatable bonds is 3. The van der Waals surface area contributed by atoms with Gasteiger partial charge in [0.2, 0.25) is 5.91 Å². The highest BCUT2D eigenvalue weighted by molar-refractivity contribution is 9.10. The number of carbonyl (C=O) groups is 1. The molecule has 0 saturated carbocycles. The van der Waals surface area contributed by atoms with Crippen molar-refractivity contribution in [3.05, 3.63) is 41.4 Å². The molecule has 0 aliphatic rings. The van der Waals surface area contributed by atoms with Crippen LogP contribution in [-0.2, 0) is 4.79 Å². The van der Waals surface area contributed by atoms with E-state index in [2.05, 4.69) is 27.8 Å². The van der Waals surface area contributed by atoms with Crippen LogP contribution in [0.25, 0.3) is 0 Å². The topological polar surface area (TPSA) is 29.1 Å². The molecule has 0 fully saturated rings. The minimum atomic E-state index is -0.0441. The van der Waals surface area contributed by atoms with Crippen LogP contribution in [0.2, 0.25) is 0 Å². The standard InChI is InChI=1S/C10H10BrNO/c1-2-3-10(13)12-9-6-4-8(11)5-7-9/h2,4-7H,1,3H2,(H,12,13). The van der Waals surface area contributed by atoms with Gasteiger partial charge in [-0.3, -0.25) is 4.79 Å². The van der Waals surface area contributed by atoms with Gasteiger partial charge in [0.05, 0.1) is 0 Å². The Morgan fingerprint density at radius 3 is 2.62 bits per heavy atom. The van der Waals surface area contributed by atoms with Crippen molar-refractivity contribution in [2.45, 2.75) is 6.42 Å². The summed E-state index contributed by atoms with van der Waals surface area (Å²) in [7, 11) is 0. The zero-order chi connectivity index (χ0) is 9.68. The third-order valence-electron chi connectivity index (χ3n) is 1.46. The average Bonchev–Trinajstić information content (AvgIpc) is 2.09. The van der Waals surface area contributed by atoms with Gasteiger partial charge in [0.25, 0.3) is 0 Å². The largest absolute Gasteiger partial charge is 0.326 e. The summed E-state index contributed by atoms with van der Waals surface area (Å²) in [6.45, 7) is 3.49. The van der Waals surface area contributed by atoms with Gasteiger partial charge in [-0.1, -0.05) is 22.0 Å². The highest BCUT2D eigenvalue weighted by Gasteiger charge is 1.98. The highest BCUT2D eigenvalue weighted by Crippen LogP contribution is 2.14. The molecule has 0 aliphatic carbocycles. The van der Waals surface area contributed by atoms with E-state index < -0.39 is 0 Å². The van der Waals surface area contributed by atoms with Gasteiger partial charge in [-0.05, 0) is 24.3 Å². The summed E-state index contributed by atoms with van der Waals surface area (Å²) in [5.74, 6) is -0.0441. The Balaban J connectivity index is 2.59. The van der Waals surface area contributed by atoms with Gasteiger partial charge in [0, 0.05) is 16.6 Å². The summed E-state index contributed by atoms with van der Waals surface area (Å²) in [5, 5.41) is 2.74. The fourth-order valence-electron chi connectivity index (χ4n) is 0.876. The fraction of sp³-hybridized carbons (Fsp3) is 0.100. The molecule has 2 nitrogen and oxygen atoms in total. The van der Waals surface area contributed by atoms with E-state index in [1.165, 1.54) is 0 Å². The maximum Gasteiger partial charge on any atom is 0.228 e. The fourth-order valence-corrected chi connectivity index (χ4v) is 1.14. The molecule has 13 heavy (non-hydrogen) atoms. The molecule has 0 saturated heterocycles. The smallest absolute Gasteiger partial charge is 0.228 e. The molecule has 1 aromatic rings. The lowest BCUT2D eigenvalue weighted by atomic mass is 10.3. The second kappa shape index (κ2) is 4.82. The van der Waals surface area contributed by atoms with Crippen LogP contribution in [0.15, 0.2) is 41.4 Å². The molecule has 0 radical (unpaired) electrons. The lowest BCUT2D eigenvalue weighted by Crippen LogP contribution is -2.09. The quantitative estimate of drug-likeness (QED) is 0.808. The molecule has 3 heteroatoms. The number of nitrogens with one attached hydrogen (secondary N) is 1. The van der Waals surface area contributed by atoms with Crippen LogP contribution in [-0.4, -0.2) is 5.91 Å². The number of halogens is 1. The van der Waals surface area contributed by atoms with E-state index in [0.717, 1.165) is 10.2 Å². The van der Waals surface area contributed by atoms with E-state index in [1.807, 2.05) is 24.3 Å². The summed E-state index contributed by atoms with van der Waals surface area (Å²) in [6.07, 6.45) is 1.92. The summed E-state index contributed by atoms with van der Waals surface area (Å²) in [4.78, 5) is 11.1. The van der Waals surface area contributed by atoms with E-state index in [-0.39, 0.29) is 5.91 Å². The molecule has 1 rings (SSSR count). The SMILES string of the molecule is C=CCC(=O)Nc1ccc(Br)cc1. The lowest BCUT2D eigenvalue weighted by Gasteiger charge is -2.02. The maximum absolute atomic E-state index is 11.1. The normalized spacial score (nSPS) is 9.31. The molecule has 0 unspecified atom stereocenters. The van der Waals surface area contributed by atoms with Crippen LogP contribution < -0.4 is 5.32 Å². The van der Waals surface area contributed by atoms with Crippen LogP contribution in [0, 0.1) is 0 Å². The molecule has 0 spiro atoms. The first kappa shape index (κ1) is 9.99. The third kappa shape index (κ3) is 3.42. The minimum Gasteiger partial charge on any atom is -0.326 e. The van der Waals surface area contributed by atoms with Crippen molar-refractivity contribution >= 4 is 27.5 Å². The maximum atomic E-state index is 11.1. The van der Waals surface area contributed by atoms with E-state index in [1.54, 1.807) is 6.08 Å². The van der Waals surface area contributed by atoms with Crippen molar-refractivity contribution in [3.63, 3.8) is 0 Å². The number of carbonyl (C=O) groups excluding carboxylic acids is 1. The molecule has 68 valence electrons. The van der Waals surface area contributed by atoms with Gasteiger partial charge < -0.3 is 5.32 Å². The van der Waals surface area contributed by atoms with Gasteiger partial charge in [-0.25, -0.2) is 0 Å². The Morgan fingerprint density at radius 2 is 2.08 bits per heavy atom. The van der Waals surface area contributed by atoms with Crippen molar-refractivity contribution in [1.29, 1.82) is 0 Å². The molecule has 1 amide bonds. The van der Waals surface area contributed by atoms with Crippen LogP contribution in [0.3, 0.4) is 0 Å². The van der Waals surface area contributed by atoms with Crippen molar-refractivity contribution in [2.75, 3.05) is 5.32 Å². The van der Waals surface area contributed by atoms with Gasteiger partial charge in [0.15, 0.2) is 0 Å². The first-order chi connectivity index (χ1) is 6.22. The number of hydrogen-bond donors (Lipinski definition) is 1. The Bertz CT molecular complexity index is 305. The molecule has 1 N–H and O–H groups in total. The van der Waals surface area contributed by atoms with Crippen molar-refractivity contribution in [3.8, 4) is 0 Å². The summed E-state index contributed by atoms with van der Waals surface area (Å²) in [5.41, 5.74) is 0.801. The second-order valence-corrected chi connectivity index (χ2v) is 3.46. The first-order valence-electron chi connectivity index (χ1n) is 3.88. The summed E-state index contributed by atoms with van der Waals surface area (Å²) >= 11 is 3.31. The summed E-state index contributed by atoms with van der Waals surface area (Å²) in [6, 6.07) is 7.43. The minimum absolute atomic E-state index is 0.0441. The van der Waals surface area contributed by atoms with E-state index in [0.29, 0.717) is 6.42 Å². The first-order valence-corrected chi connectivity index (χ1v) is 4.68. The molecule has 0 heterocycles. The predicted octanol–water partition coefficient (Wildman–Crippen LogP) is 2.96. The summed E-state index contributed by atoms with van der Waals surface area (Å²) < 4.78 is 0.995. The van der Waals surface area contributed by atoms with Crippen LogP contribution in [0.5, 0.6) is 0 Å². The van der Waals surface area contributed by atoms with Crippen molar-refractivity contribution in [2.24, 2.45) is 0 Å².